The average Bonchev–Trinajstić information content (AvgIpc) is 2.68. The molecule has 1 heterocycles. The van der Waals surface area contributed by atoms with Crippen molar-refractivity contribution in [1.82, 2.24) is 9.80 Å². The Bertz CT molecular complexity index is 508. The van der Waals surface area contributed by atoms with Crippen molar-refractivity contribution in [3.05, 3.63) is 32.7 Å². The van der Waals surface area contributed by atoms with Crippen molar-refractivity contribution >= 4 is 37.8 Å². The molecule has 0 bridgehead atoms. The Labute approximate surface area is 136 Å². The molecule has 20 heavy (non-hydrogen) atoms. The molecule has 0 aromatic heterocycles. The molecule has 0 aliphatic carbocycles. The molecule has 2 rings (SSSR count). The summed E-state index contributed by atoms with van der Waals surface area (Å²) in [5.41, 5.74) is 0.631. The van der Waals surface area contributed by atoms with Crippen molar-refractivity contribution in [3.63, 3.8) is 0 Å². The van der Waals surface area contributed by atoms with Crippen molar-refractivity contribution in [1.29, 1.82) is 0 Å². The molecule has 2 unspecified atom stereocenters. The Morgan fingerprint density at radius 1 is 1.45 bits per heavy atom. The zero-order valence-corrected chi connectivity index (χ0v) is 14.7. The van der Waals surface area contributed by atoms with Crippen molar-refractivity contribution in [2.75, 3.05) is 27.2 Å². The van der Waals surface area contributed by atoms with E-state index in [4.69, 9.17) is 0 Å². The number of benzene rings is 1. The van der Waals surface area contributed by atoms with Crippen molar-refractivity contribution in [2.45, 2.75) is 18.6 Å². The molecule has 1 amide bonds. The zero-order valence-electron chi connectivity index (χ0n) is 11.5. The second kappa shape index (κ2) is 6.56. The van der Waals surface area contributed by atoms with Gasteiger partial charge in [-0.15, -0.1) is 0 Å². The minimum atomic E-state index is -0.432. The number of amides is 1. The van der Waals surface area contributed by atoms with E-state index in [0.29, 0.717) is 18.5 Å². The van der Waals surface area contributed by atoms with E-state index in [2.05, 4.69) is 31.9 Å². The Morgan fingerprint density at radius 3 is 2.75 bits per heavy atom. The van der Waals surface area contributed by atoms with Crippen LogP contribution in [0.25, 0.3) is 0 Å². The van der Waals surface area contributed by atoms with E-state index < -0.39 is 6.10 Å². The molecule has 0 radical (unpaired) electrons. The molecule has 1 aromatic carbocycles. The first-order chi connectivity index (χ1) is 9.38. The fourth-order valence-corrected chi connectivity index (χ4v) is 3.77. The zero-order chi connectivity index (χ0) is 14.9. The monoisotopic (exact) mass is 404 g/mol. The van der Waals surface area contributed by atoms with Crippen LogP contribution in [-0.4, -0.2) is 60.1 Å². The molecule has 1 aliphatic rings. The third kappa shape index (κ3) is 3.61. The summed E-state index contributed by atoms with van der Waals surface area (Å²) in [6.07, 6.45) is 0.205. The number of hydrogen-bond donors (Lipinski definition) is 1. The smallest absolute Gasteiger partial charge is 0.255 e. The first-order valence-electron chi connectivity index (χ1n) is 6.47. The summed E-state index contributed by atoms with van der Waals surface area (Å²) in [5, 5.41) is 9.86. The molecule has 1 N–H and O–H groups in total. The average molecular weight is 406 g/mol. The number of halogens is 2. The van der Waals surface area contributed by atoms with Gasteiger partial charge in [-0.05, 0) is 54.6 Å². The number of aliphatic hydroxyl groups is 1. The topological polar surface area (TPSA) is 43.8 Å². The van der Waals surface area contributed by atoms with Gasteiger partial charge in [-0.25, -0.2) is 0 Å². The Kier molecular flexibility index (Phi) is 5.23. The summed E-state index contributed by atoms with van der Waals surface area (Å²) in [4.78, 5) is 16.5. The lowest BCUT2D eigenvalue weighted by molar-refractivity contribution is 0.0698. The molecule has 2 atom stereocenters. The van der Waals surface area contributed by atoms with E-state index in [-0.39, 0.29) is 11.9 Å². The van der Waals surface area contributed by atoms with Gasteiger partial charge in [0.2, 0.25) is 0 Å². The normalized spacial score (nSPS) is 22.6. The summed E-state index contributed by atoms with van der Waals surface area (Å²) in [6, 6.07) is 5.57. The molecule has 1 saturated heterocycles. The molecule has 0 spiro atoms. The number of nitrogens with zero attached hydrogens (tertiary/aromatic N) is 2. The van der Waals surface area contributed by atoms with Gasteiger partial charge >= 0.3 is 0 Å². The molecule has 1 aromatic rings. The van der Waals surface area contributed by atoms with Crippen molar-refractivity contribution < 1.29 is 9.90 Å². The lowest BCUT2D eigenvalue weighted by atomic mass is 10.1. The fraction of sp³-hybridized carbons (Fsp3) is 0.500. The number of likely N-dealkylation sites (tertiary alicyclic amines) is 1. The SMILES string of the molecule is CN(C)CC1CC(O)CN1C(=O)c1ccc(Br)cc1Br. The number of carbonyl (C=O) groups excluding carboxylic acids is 1. The van der Waals surface area contributed by atoms with Gasteiger partial charge in [0.25, 0.3) is 5.91 Å². The van der Waals surface area contributed by atoms with Gasteiger partial charge in [0.05, 0.1) is 11.7 Å². The first-order valence-corrected chi connectivity index (χ1v) is 8.06. The Hall–Kier alpha value is -0.430. The lowest BCUT2D eigenvalue weighted by Crippen LogP contribution is -2.41. The van der Waals surface area contributed by atoms with Crippen molar-refractivity contribution in [2.24, 2.45) is 0 Å². The molecular weight excluding hydrogens is 388 g/mol. The maximum Gasteiger partial charge on any atom is 0.255 e. The molecule has 6 heteroatoms. The molecule has 0 saturated carbocycles. The molecule has 1 aliphatic heterocycles. The van der Waals surface area contributed by atoms with Crippen LogP contribution >= 0.6 is 31.9 Å². The second-order valence-corrected chi connectivity index (χ2v) is 7.16. The summed E-state index contributed by atoms with van der Waals surface area (Å²) in [7, 11) is 3.95. The van der Waals surface area contributed by atoms with Crippen LogP contribution < -0.4 is 0 Å². The van der Waals surface area contributed by atoms with Gasteiger partial charge in [0, 0.05) is 28.1 Å². The third-order valence-corrected chi connectivity index (χ3v) is 4.54. The minimum Gasteiger partial charge on any atom is -0.391 e. The number of β-amino-alcohol motifs (C(OH)–C–C–N with tert-alkyl or cyclic N) is 1. The van der Waals surface area contributed by atoms with Crippen LogP contribution in [0.3, 0.4) is 0 Å². The highest BCUT2D eigenvalue weighted by molar-refractivity contribution is 9.11. The summed E-state index contributed by atoms with van der Waals surface area (Å²) < 4.78 is 1.69. The largest absolute Gasteiger partial charge is 0.391 e. The predicted octanol–water partition coefficient (Wildman–Crippen LogP) is 2.35. The Morgan fingerprint density at radius 2 is 2.15 bits per heavy atom. The van der Waals surface area contributed by atoms with E-state index >= 15 is 0 Å². The minimum absolute atomic E-state index is 0.0345. The standard InChI is InChI=1S/C14H18Br2N2O2/c1-17(2)7-10-6-11(19)8-18(10)14(20)12-4-3-9(15)5-13(12)16/h3-5,10-11,19H,6-8H2,1-2H3. The lowest BCUT2D eigenvalue weighted by Gasteiger charge is -2.27. The third-order valence-electron chi connectivity index (χ3n) is 3.39. The Balaban J connectivity index is 2.22. The van der Waals surface area contributed by atoms with Crippen molar-refractivity contribution in [3.8, 4) is 0 Å². The summed E-state index contributed by atoms with van der Waals surface area (Å²) >= 11 is 6.81. The van der Waals surface area contributed by atoms with Crippen LogP contribution in [0.2, 0.25) is 0 Å². The molecule has 1 fully saturated rings. The van der Waals surface area contributed by atoms with Gasteiger partial charge in [-0.1, -0.05) is 15.9 Å². The molecule has 110 valence electrons. The van der Waals surface area contributed by atoms with Crippen LogP contribution in [-0.2, 0) is 0 Å². The van der Waals surface area contributed by atoms with Gasteiger partial charge in [0.1, 0.15) is 0 Å². The number of carbonyl (C=O) groups is 1. The highest BCUT2D eigenvalue weighted by Gasteiger charge is 2.35. The maximum absolute atomic E-state index is 12.7. The van der Waals surface area contributed by atoms with Gasteiger partial charge in [0.15, 0.2) is 0 Å². The molecular formula is C14H18Br2N2O2. The maximum atomic E-state index is 12.7. The van der Waals surface area contributed by atoms with Crippen LogP contribution in [0, 0.1) is 0 Å². The first kappa shape index (κ1) is 15.9. The van der Waals surface area contributed by atoms with E-state index in [0.717, 1.165) is 15.5 Å². The highest BCUT2D eigenvalue weighted by Crippen LogP contribution is 2.27. The predicted molar refractivity (Wildman–Crippen MR) is 85.8 cm³/mol. The van der Waals surface area contributed by atoms with Gasteiger partial charge in [-0.3, -0.25) is 4.79 Å². The summed E-state index contributed by atoms with van der Waals surface area (Å²) in [6.45, 7) is 1.16. The fourth-order valence-electron chi connectivity index (χ4n) is 2.55. The number of likely N-dealkylation sites (N-methyl/N-ethyl adjacent to an activating group) is 1. The van der Waals surface area contributed by atoms with E-state index in [1.165, 1.54) is 0 Å². The van der Waals surface area contributed by atoms with E-state index in [1.807, 2.05) is 31.1 Å². The van der Waals surface area contributed by atoms with E-state index in [9.17, 15) is 9.90 Å². The van der Waals surface area contributed by atoms with Crippen LogP contribution in [0.4, 0.5) is 0 Å². The number of rotatable bonds is 3. The van der Waals surface area contributed by atoms with Crippen LogP contribution in [0.15, 0.2) is 27.1 Å². The summed E-state index contributed by atoms with van der Waals surface area (Å²) in [5.74, 6) is -0.0345. The van der Waals surface area contributed by atoms with Crippen LogP contribution in [0.5, 0.6) is 0 Å². The number of hydrogen-bond acceptors (Lipinski definition) is 3. The van der Waals surface area contributed by atoms with Gasteiger partial charge < -0.3 is 14.9 Å². The highest BCUT2D eigenvalue weighted by atomic mass is 79.9. The second-order valence-electron chi connectivity index (χ2n) is 5.39. The quantitative estimate of drug-likeness (QED) is 0.839. The molecule has 4 nitrogen and oxygen atoms in total. The van der Waals surface area contributed by atoms with E-state index in [1.54, 1.807) is 11.0 Å². The van der Waals surface area contributed by atoms with Crippen LogP contribution in [0.1, 0.15) is 16.8 Å². The number of aliphatic hydroxyl groups excluding tert-OH is 1. The van der Waals surface area contributed by atoms with Gasteiger partial charge in [-0.2, -0.15) is 0 Å².